The second-order valence-corrected chi connectivity index (χ2v) is 7.78. The first-order chi connectivity index (χ1) is 18.2. The molecule has 38 heavy (non-hydrogen) atoms. The van der Waals surface area contributed by atoms with Gasteiger partial charge in [0.2, 0.25) is 0 Å². The fourth-order valence-electron chi connectivity index (χ4n) is 3.43. The number of tetrazole rings is 1. The van der Waals surface area contributed by atoms with E-state index in [-0.39, 0.29) is 46.9 Å². The average Bonchev–Trinajstić information content (AvgIpc) is 3.46. The molecule has 194 valence electrons. The Balaban J connectivity index is 1.36. The van der Waals surface area contributed by atoms with Crippen LogP contribution in [0, 0.1) is 11.6 Å². The fraction of sp³-hybridized carbons (Fsp3) is 0.130. The lowest BCUT2D eigenvalue weighted by Gasteiger charge is -2.17. The molecule has 15 heteroatoms. The number of carbonyl (C=O) groups is 1. The Hall–Kier alpha value is -5.08. The van der Waals surface area contributed by atoms with Crippen LogP contribution in [-0.2, 0) is 18.4 Å². The van der Waals surface area contributed by atoms with Gasteiger partial charge in [0.1, 0.15) is 29.5 Å². The van der Waals surface area contributed by atoms with Crippen LogP contribution in [0.5, 0.6) is 11.8 Å². The predicted octanol–water partition coefficient (Wildman–Crippen LogP) is 3.41. The van der Waals surface area contributed by atoms with Crippen LogP contribution < -0.4 is 14.8 Å². The number of nitrogens with zero attached hydrogens (tertiary/aromatic N) is 7. The van der Waals surface area contributed by atoms with Gasteiger partial charge in [-0.2, -0.15) is 13.8 Å². The minimum absolute atomic E-state index is 0.00465. The van der Waals surface area contributed by atoms with Crippen LogP contribution in [-0.4, -0.2) is 46.8 Å². The Morgan fingerprint density at radius 2 is 1.84 bits per heavy atom. The van der Waals surface area contributed by atoms with Gasteiger partial charge in [-0.3, -0.25) is 4.79 Å². The summed E-state index contributed by atoms with van der Waals surface area (Å²) < 4.78 is 69.5. The van der Waals surface area contributed by atoms with Crippen molar-refractivity contribution in [3.63, 3.8) is 0 Å². The van der Waals surface area contributed by atoms with Gasteiger partial charge in [-0.05, 0) is 34.7 Å². The summed E-state index contributed by atoms with van der Waals surface area (Å²) in [5, 5.41) is 13.1. The van der Waals surface area contributed by atoms with Crippen LogP contribution in [0.25, 0.3) is 17.0 Å². The first-order valence-corrected chi connectivity index (χ1v) is 10.8. The van der Waals surface area contributed by atoms with Crippen molar-refractivity contribution in [2.75, 3.05) is 5.32 Å². The summed E-state index contributed by atoms with van der Waals surface area (Å²) in [4.78, 5) is 20.3. The third kappa shape index (κ3) is 4.93. The van der Waals surface area contributed by atoms with E-state index < -0.39 is 23.7 Å². The number of aryl methyl sites for hydroxylation is 1. The molecule has 5 aromatic rings. The first-order valence-electron chi connectivity index (χ1n) is 10.8. The number of amides is 1. The summed E-state index contributed by atoms with van der Waals surface area (Å²) in [5.41, 5.74) is 0.000449. The van der Waals surface area contributed by atoms with E-state index in [0.717, 1.165) is 6.07 Å². The molecule has 0 saturated carbocycles. The molecule has 3 aromatic heterocycles. The van der Waals surface area contributed by atoms with Crippen molar-refractivity contribution in [2.45, 2.75) is 12.7 Å². The summed E-state index contributed by atoms with van der Waals surface area (Å²) in [6, 6.07) is 12.9. The number of halogens is 4. The topological polar surface area (TPSA) is 122 Å². The zero-order valence-corrected chi connectivity index (χ0v) is 19.3. The number of anilines is 1. The number of pyridine rings is 1. The smallest absolute Gasteiger partial charge is 0.458 e. The molecule has 1 N–H and O–H groups in total. The first kappa shape index (κ1) is 24.6. The maximum Gasteiger partial charge on any atom is 0.482 e. The number of nitrogens with one attached hydrogen (secondary N) is 1. The lowest BCUT2D eigenvalue weighted by Crippen LogP contribution is -2.40. The largest absolute Gasteiger partial charge is 0.482 e. The second-order valence-electron chi connectivity index (χ2n) is 7.78. The number of hydrogen-bond acceptors (Lipinski definition) is 8. The molecule has 11 nitrogen and oxygen atoms in total. The molecule has 0 radical (unpaired) electrons. The van der Waals surface area contributed by atoms with Gasteiger partial charge < -0.3 is 14.8 Å². The Bertz CT molecular complexity index is 1620. The van der Waals surface area contributed by atoms with E-state index in [2.05, 4.69) is 30.2 Å². The van der Waals surface area contributed by atoms with Crippen LogP contribution in [0.3, 0.4) is 0 Å². The monoisotopic (exact) mass is 528 g/mol. The zero-order valence-electron chi connectivity index (χ0n) is 19.3. The highest BCUT2D eigenvalue weighted by Gasteiger charge is 2.42. The molecule has 0 unspecified atom stereocenters. The standard InChI is InChI=1S/C23H16F4N8O3/c1-34-21(31-32-33-34)35-17-11-13(24)10-16(25)19(17)30-22(35)37-12-14-6-5-9-18(28-14)29-20(36)23(26,27)38-15-7-3-2-4-8-15/h2-11H,12H2,1H3,(H,28,29,36). The van der Waals surface area contributed by atoms with Crippen molar-refractivity contribution >= 4 is 22.8 Å². The Morgan fingerprint density at radius 3 is 2.58 bits per heavy atom. The van der Waals surface area contributed by atoms with Crippen molar-refractivity contribution in [2.24, 2.45) is 7.05 Å². The van der Waals surface area contributed by atoms with Gasteiger partial charge in [0, 0.05) is 19.2 Å². The summed E-state index contributed by atoms with van der Waals surface area (Å²) in [6.45, 7) is -0.292. The molecule has 5 rings (SSSR count). The second kappa shape index (κ2) is 9.76. The summed E-state index contributed by atoms with van der Waals surface area (Å²) >= 11 is 0. The molecule has 2 aromatic carbocycles. The number of carbonyl (C=O) groups excluding carboxylic acids is 1. The van der Waals surface area contributed by atoms with E-state index in [0.29, 0.717) is 6.07 Å². The number of alkyl halides is 2. The zero-order chi connectivity index (χ0) is 26.9. The number of aromatic nitrogens is 7. The van der Waals surface area contributed by atoms with E-state index in [1.807, 2.05) is 5.32 Å². The Labute approximate surface area is 210 Å². The molecular weight excluding hydrogens is 512 g/mol. The maximum atomic E-state index is 14.4. The lowest BCUT2D eigenvalue weighted by atomic mass is 10.3. The molecule has 0 aliphatic carbocycles. The van der Waals surface area contributed by atoms with Crippen LogP contribution in [0.4, 0.5) is 23.4 Å². The van der Waals surface area contributed by atoms with Crippen molar-refractivity contribution in [3.8, 4) is 17.7 Å². The maximum absolute atomic E-state index is 14.4. The van der Waals surface area contributed by atoms with Gasteiger partial charge in [-0.1, -0.05) is 29.4 Å². The van der Waals surface area contributed by atoms with Crippen molar-refractivity contribution in [3.05, 3.63) is 78.0 Å². The van der Waals surface area contributed by atoms with Crippen LogP contribution >= 0.6 is 0 Å². The van der Waals surface area contributed by atoms with E-state index in [1.54, 1.807) is 6.07 Å². The molecule has 0 aliphatic rings. The van der Waals surface area contributed by atoms with Crippen LogP contribution in [0.1, 0.15) is 5.69 Å². The van der Waals surface area contributed by atoms with Crippen molar-refractivity contribution in [1.82, 2.24) is 34.7 Å². The van der Waals surface area contributed by atoms with Gasteiger partial charge in [-0.25, -0.2) is 23.0 Å². The van der Waals surface area contributed by atoms with Crippen molar-refractivity contribution in [1.29, 1.82) is 0 Å². The molecule has 0 fully saturated rings. The summed E-state index contributed by atoms with van der Waals surface area (Å²) in [7, 11) is 1.51. The molecule has 0 saturated heterocycles. The number of imidazole rings is 1. The molecule has 0 aliphatic heterocycles. The van der Waals surface area contributed by atoms with Gasteiger partial charge >= 0.3 is 18.0 Å². The Morgan fingerprint density at radius 1 is 1.05 bits per heavy atom. The van der Waals surface area contributed by atoms with Gasteiger partial charge in [0.05, 0.1) is 11.2 Å². The highest BCUT2D eigenvalue weighted by Crippen LogP contribution is 2.28. The van der Waals surface area contributed by atoms with E-state index in [9.17, 15) is 22.4 Å². The number of rotatable bonds is 8. The predicted molar refractivity (Wildman–Crippen MR) is 123 cm³/mol. The molecule has 0 bridgehead atoms. The third-order valence-corrected chi connectivity index (χ3v) is 5.10. The average molecular weight is 528 g/mol. The summed E-state index contributed by atoms with van der Waals surface area (Å²) in [6.07, 6.45) is -4.18. The Kier molecular flexibility index (Phi) is 6.32. The van der Waals surface area contributed by atoms with E-state index >= 15 is 0 Å². The molecular formula is C23H16F4N8O3. The minimum Gasteiger partial charge on any atom is -0.458 e. The van der Waals surface area contributed by atoms with Gasteiger partial charge in [0.15, 0.2) is 5.82 Å². The SMILES string of the molecule is Cn1nnnc1-n1c(OCc2cccc(NC(=O)C(F)(F)Oc3ccccc3)n2)nc2c(F)cc(F)cc21. The molecule has 1 amide bonds. The molecule has 0 spiro atoms. The number of para-hydroxylation sites is 1. The number of benzene rings is 2. The lowest BCUT2D eigenvalue weighted by molar-refractivity contribution is -0.187. The normalized spacial score (nSPS) is 11.5. The molecule has 3 heterocycles. The van der Waals surface area contributed by atoms with Gasteiger partial charge in [-0.15, -0.1) is 0 Å². The van der Waals surface area contributed by atoms with Crippen molar-refractivity contribution < 1.29 is 31.8 Å². The fourth-order valence-corrected chi connectivity index (χ4v) is 3.43. The quantitative estimate of drug-likeness (QED) is 0.304. The number of fused-ring (bicyclic) bond motifs is 1. The molecule has 0 atom stereocenters. The van der Waals surface area contributed by atoms with E-state index in [4.69, 9.17) is 4.74 Å². The van der Waals surface area contributed by atoms with E-state index in [1.165, 1.54) is 58.8 Å². The summed E-state index contributed by atoms with van der Waals surface area (Å²) in [5.74, 6) is -3.86. The van der Waals surface area contributed by atoms with Crippen LogP contribution in [0.15, 0.2) is 60.7 Å². The van der Waals surface area contributed by atoms with Crippen LogP contribution in [0.2, 0.25) is 0 Å². The highest BCUT2D eigenvalue weighted by atomic mass is 19.3. The van der Waals surface area contributed by atoms with Gasteiger partial charge in [0.25, 0.3) is 5.95 Å². The highest BCUT2D eigenvalue weighted by molar-refractivity contribution is 5.94. The minimum atomic E-state index is -4.18. The number of ether oxygens (including phenoxy) is 2. The third-order valence-electron chi connectivity index (χ3n) is 5.10. The number of hydrogen-bond donors (Lipinski definition) is 1.